The van der Waals surface area contributed by atoms with Crippen LogP contribution in [-0.4, -0.2) is 6.04 Å². The molecule has 17 heavy (non-hydrogen) atoms. The molecule has 2 rings (SSSR count). The Labute approximate surface area is 102 Å². The molecule has 1 atom stereocenters. The summed E-state index contributed by atoms with van der Waals surface area (Å²) in [6, 6.07) is 14.6. The van der Waals surface area contributed by atoms with Crippen LogP contribution in [-0.2, 0) is 12.8 Å². The maximum Gasteiger partial charge on any atom is 0.103 e. The summed E-state index contributed by atoms with van der Waals surface area (Å²) in [5.41, 5.74) is 4.17. The van der Waals surface area contributed by atoms with Gasteiger partial charge >= 0.3 is 0 Å². The van der Waals surface area contributed by atoms with Gasteiger partial charge in [0.25, 0.3) is 0 Å². The second kappa shape index (κ2) is 6.23. The smallest absolute Gasteiger partial charge is 0.103 e. The summed E-state index contributed by atoms with van der Waals surface area (Å²) in [6.45, 7) is 0. The normalized spacial score (nSPS) is 12.5. The fourth-order valence-electron chi connectivity index (χ4n) is 1.91. The monoisotopic (exact) mass is 230 g/mol. The molecule has 1 heterocycles. The van der Waals surface area contributed by atoms with E-state index < -0.39 is 0 Å². The summed E-state index contributed by atoms with van der Waals surface area (Å²) in [7, 11) is 0. The zero-order chi connectivity index (χ0) is 11.9. The highest BCUT2D eigenvalue weighted by atomic mass is 16.3. The van der Waals surface area contributed by atoms with Crippen molar-refractivity contribution in [3.63, 3.8) is 0 Å². The molecule has 2 aromatic rings. The van der Waals surface area contributed by atoms with Gasteiger partial charge in [-0.05, 0) is 30.5 Å². The maximum absolute atomic E-state index is 5.58. The molecule has 0 aliphatic carbocycles. The van der Waals surface area contributed by atoms with Crippen LogP contribution >= 0.6 is 0 Å². The summed E-state index contributed by atoms with van der Waals surface area (Å²) in [4.78, 5) is 0. The van der Waals surface area contributed by atoms with E-state index in [1.807, 2.05) is 18.2 Å². The fraction of sp³-hybridized carbons (Fsp3) is 0.286. The molecule has 3 heteroatoms. The Bertz CT molecular complexity index is 411. The van der Waals surface area contributed by atoms with Crippen molar-refractivity contribution in [3.8, 4) is 0 Å². The third-order valence-electron chi connectivity index (χ3n) is 2.88. The molecule has 0 aliphatic rings. The Kier molecular flexibility index (Phi) is 4.36. The lowest BCUT2D eigenvalue weighted by Gasteiger charge is -2.15. The van der Waals surface area contributed by atoms with Gasteiger partial charge in [0.15, 0.2) is 0 Å². The van der Waals surface area contributed by atoms with Crippen LogP contribution in [0.25, 0.3) is 0 Å². The minimum absolute atomic E-state index is 0.280. The van der Waals surface area contributed by atoms with E-state index in [0.717, 1.165) is 25.0 Å². The molecule has 1 aromatic heterocycles. The summed E-state index contributed by atoms with van der Waals surface area (Å²) >= 11 is 0. The average molecular weight is 230 g/mol. The molecule has 3 nitrogen and oxygen atoms in total. The van der Waals surface area contributed by atoms with Crippen molar-refractivity contribution in [1.29, 1.82) is 0 Å². The standard InChI is InChI=1S/C14H18N2O/c15-16-13(8-9-14-7-4-10-17-14)11-12-5-2-1-3-6-12/h1-7,10,13,16H,8-9,11,15H2. The SMILES string of the molecule is NNC(CCc1ccco1)Cc1ccccc1. The van der Waals surface area contributed by atoms with E-state index in [0.29, 0.717) is 0 Å². The van der Waals surface area contributed by atoms with Gasteiger partial charge in [-0.25, -0.2) is 0 Å². The van der Waals surface area contributed by atoms with Gasteiger partial charge in [-0.15, -0.1) is 0 Å². The highest BCUT2D eigenvalue weighted by Gasteiger charge is 2.08. The van der Waals surface area contributed by atoms with Gasteiger partial charge < -0.3 is 4.42 Å². The fourth-order valence-corrected chi connectivity index (χ4v) is 1.91. The van der Waals surface area contributed by atoms with E-state index in [-0.39, 0.29) is 6.04 Å². The molecule has 3 N–H and O–H groups in total. The van der Waals surface area contributed by atoms with E-state index in [9.17, 15) is 0 Å². The average Bonchev–Trinajstić information content (AvgIpc) is 2.89. The van der Waals surface area contributed by atoms with Gasteiger partial charge in [-0.2, -0.15) is 0 Å². The van der Waals surface area contributed by atoms with E-state index in [1.165, 1.54) is 5.56 Å². The van der Waals surface area contributed by atoms with Gasteiger partial charge in [0.2, 0.25) is 0 Å². The number of hydrazine groups is 1. The number of nitrogens with one attached hydrogen (secondary N) is 1. The molecule has 90 valence electrons. The number of hydrogen-bond acceptors (Lipinski definition) is 3. The third-order valence-corrected chi connectivity index (χ3v) is 2.88. The van der Waals surface area contributed by atoms with E-state index in [1.54, 1.807) is 6.26 Å². The van der Waals surface area contributed by atoms with Crippen molar-refractivity contribution in [1.82, 2.24) is 5.43 Å². The second-order valence-electron chi connectivity index (χ2n) is 4.17. The van der Waals surface area contributed by atoms with Gasteiger partial charge in [-0.3, -0.25) is 11.3 Å². The summed E-state index contributed by atoms with van der Waals surface area (Å²) in [6.07, 6.45) is 4.53. The minimum Gasteiger partial charge on any atom is -0.469 e. The summed E-state index contributed by atoms with van der Waals surface area (Å²) in [5, 5.41) is 0. The molecule has 0 saturated heterocycles. The van der Waals surface area contributed by atoms with Crippen LogP contribution in [0.2, 0.25) is 0 Å². The molecule has 0 fully saturated rings. The van der Waals surface area contributed by atoms with Crippen molar-refractivity contribution in [2.75, 3.05) is 0 Å². The van der Waals surface area contributed by atoms with Crippen LogP contribution < -0.4 is 11.3 Å². The van der Waals surface area contributed by atoms with Gasteiger partial charge in [-0.1, -0.05) is 30.3 Å². The largest absolute Gasteiger partial charge is 0.469 e. The second-order valence-corrected chi connectivity index (χ2v) is 4.17. The van der Waals surface area contributed by atoms with Crippen LogP contribution in [0.15, 0.2) is 53.1 Å². The predicted octanol–water partition coefficient (Wildman–Crippen LogP) is 2.29. The molecule has 0 radical (unpaired) electrons. The van der Waals surface area contributed by atoms with Crippen LogP contribution in [0.1, 0.15) is 17.7 Å². The quantitative estimate of drug-likeness (QED) is 0.591. The van der Waals surface area contributed by atoms with Crippen LogP contribution in [0.4, 0.5) is 0 Å². The maximum atomic E-state index is 5.58. The molecular weight excluding hydrogens is 212 g/mol. The topological polar surface area (TPSA) is 51.2 Å². The highest BCUT2D eigenvalue weighted by molar-refractivity contribution is 5.16. The Morgan fingerprint density at radius 3 is 2.59 bits per heavy atom. The molecule has 1 aromatic carbocycles. The van der Waals surface area contributed by atoms with Crippen LogP contribution in [0.3, 0.4) is 0 Å². The number of furan rings is 1. The molecule has 0 spiro atoms. The van der Waals surface area contributed by atoms with Crippen LogP contribution in [0, 0.1) is 0 Å². The van der Waals surface area contributed by atoms with E-state index in [2.05, 4.69) is 29.7 Å². The van der Waals surface area contributed by atoms with Crippen molar-refractivity contribution in [3.05, 3.63) is 60.1 Å². The third kappa shape index (κ3) is 3.73. The number of aryl methyl sites for hydroxylation is 1. The first kappa shape index (κ1) is 11.9. The Morgan fingerprint density at radius 1 is 1.12 bits per heavy atom. The van der Waals surface area contributed by atoms with Crippen molar-refractivity contribution in [2.24, 2.45) is 5.84 Å². The Morgan fingerprint density at radius 2 is 1.94 bits per heavy atom. The van der Waals surface area contributed by atoms with Crippen molar-refractivity contribution >= 4 is 0 Å². The number of nitrogens with two attached hydrogens (primary N) is 1. The minimum atomic E-state index is 0.280. The number of benzene rings is 1. The summed E-state index contributed by atoms with van der Waals surface area (Å²) in [5.74, 6) is 6.59. The van der Waals surface area contributed by atoms with Crippen LogP contribution in [0.5, 0.6) is 0 Å². The molecule has 1 unspecified atom stereocenters. The molecular formula is C14H18N2O. The summed E-state index contributed by atoms with van der Waals surface area (Å²) < 4.78 is 5.31. The van der Waals surface area contributed by atoms with E-state index >= 15 is 0 Å². The lowest BCUT2D eigenvalue weighted by Crippen LogP contribution is -2.37. The van der Waals surface area contributed by atoms with Gasteiger partial charge in [0, 0.05) is 12.5 Å². The highest BCUT2D eigenvalue weighted by Crippen LogP contribution is 2.09. The molecule has 0 amide bonds. The Hall–Kier alpha value is -1.58. The first-order chi connectivity index (χ1) is 8.38. The van der Waals surface area contributed by atoms with Gasteiger partial charge in [0.05, 0.1) is 6.26 Å². The molecule has 0 bridgehead atoms. The lowest BCUT2D eigenvalue weighted by atomic mass is 10.0. The lowest BCUT2D eigenvalue weighted by molar-refractivity contribution is 0.447. The first-order valence-corrected chi connectivity index (χ1v) is 5.91. The van der Waals surface area contributed by atoms with Gasteiger partial charge in [0.1, 0.15) is 5.76 Å². The molecule has 0 aliphatic heterocycles. The number of hydrogen-bond donors (Lipinski definition) is 2. The van der Waals surface area contributed by atoms with E-state index in [4.69, 9.17) is 10.3 Å². The first-order valence-electron chi connectivity index (χ1n) is 5.91. The zero-order valence-electron chi connectivity index (χ0n) is 9.80. The Balaban J connectivity index is 1.85. The predicted molar refractivity (Wildman–Crippen MR) is 68.3 cm³/mol. The van der Waals surface area contributed by atoms with Crippen molar-refractivity contribution in [2.45, 2.75) is 25.3 Å². The molecule has 0 saturated carbocycles. The van der Waals surface area contributed by atoms with Crippen molar-refractivity contribution < 1.29 is 4.42 Å². The zero-order valence-corrected chi connectivity index (χ0v) is 9.80. The number of rotatable bonds is 6.